The van der Waals surface area contributed by atoms with Crippen molar-refractivity contribution >= 4 is 39.5 Å². The summed E-state index contributed by atoms with van der Waals surface area (Å²) in [7, 11) is 0. The van der Waals surface area contributed by atoms with Crippen LogP contribution in [0.4, 0.5) is 4.39 Å². The van der Waals surface area contributed by atoms with Gasteiger partial charge in [0.15, 0.2) is 0 Å². The van der Waals surface area contributed by atoms with Crippen molar-refractivity contribution < 1.29 is 9.18 Å². The summed E-state index contributed by atoms with van der Waals surface area (Å²) < 4.78 is 14.1. The predicted octanol–water partition coefficient (Wildman–Crippen LogP) is 2.81. The number of rotatable bonds is 2. The van der Waals surface area contributed by atoms with Gasteiger partial charge in [-0.2, -0.15) is 4.39 Å². The van der Waals surface area contributed by atoms with Gasteiger partial charge in [0, 0.05) is 22.2 Å². The molecule has 0 N–H and O–H groups in total. The van der Waals surface area contributed by atoms with E-state index in [1.165, 1.54) is 18.0 Å². The topological polar surface area (TPSA) is 42.3 Å². The molecule has 3 atom stereocenters. The van der Waals surface area contributed by atoms with E-state index in [-0.39, 0.29) is 5.92 Å². The van der Waals surface area contributed by atoms with Gasteiger partial charge in [-0.25, -0.2) is 4.98 Å². The number of pyridine rings is 1. The molecule has 0 spiro atoms. The van der Waals surface area contributed by atoms with Crippen LogP contribution in [0.5, 0.6) is 0 Å². The molecule has 1 saturated carbocycles. The van der Waals surface area contributed by atoms with Crippen molar-refractivity contribution in [1.82, 2.24) is 4.98 Å². The van der Waals surface area contributed by atoms with Gasteiger partial charge in [-0.15, -0.1) is 0 Å². The van der Waals surface area contributed by atoms with Crippen molar-refractivity contribution in [3.63, 3.8) is 0 Å². The van der Waals surface area contributed by atoms with Crippen molar-refractivity contribution in [2.45, 2.75) is 23.6 Å². The lowest BCUT2D eigenvalue weighted by atomic mass is 9.87. The van der Waals surface area contributed by atoms with E-state index in [4.69, 9.17) is 0 Å². The van der Waals surface area contributed by atoms with E-state index in [0.717, 1.165) is 6.29 Å². The minimum atomic E-state index is -0.757. The smallest absolute Gasteiger partial charge is 0.218 e. The summed E-state index contributed by atoms with van der Waals surface area (Å²) in [6.07, 6.45) is 3.05. The molecule has 1 fully saturated rings. The number of halogens is 2. The van der Waals surface area contributed by atoms with Gasteiger partial charge < -0.3 is 4.79 Å². The average Bonchev–Trinajstić information content (AvgIpc) is 3.09. The molecule has 1 aromatic heterocycles. The molecule has 3 nitrogen and oxygen atoms in total. The van der Waals surface area contributed by atoms with E-state index in [1.54, 1.807) is 6.07 Å². The van der Waals surface area contributed by atoms with Gasteiger partial charge in [-0.05, 0) is 35.3 Å². The fourth-order valence-electron chi connectivity index (χ4n) is 2.51. The Morgan fingerprint density at radius 2 is 2.50 bits per heavy atom. The Kier molecular flexibility index (Phi) is 2.64. The zero-order chi connectivity index (χ0) is 13.0. The standard InChI is InChI=1S/C12H9BrFN2OS/c1-11(8-2-7(13)4-15-10(8)14)9-3-12(9,5-17)18-6-16-11/h2,4-5,9H,3H2,1H3/t9-,11+,12+/m0/s1. The molecule has 0 unspecified atom stereocenters. The number of aldehydes is 1. The van der Waals surface area contributed by atoms with Gasteiger partial charge in [0.1, 0.15) is 11.8 Å². The SMILES string of the molecule is C[C@]1(c2cc(Br)cnc2F)N=[C]S[C@@]2(C=O)C[C@H]21. The van der Waals surface area contributed by atoms with Gasteiger partial charge in [0.2, 0.25) is 5.95 Å². The van der Waals surface area contributed by atoms with Gasteiger partial charge in [-0.1, -0.05) is 11.8 Å². The second kappa shape index (κ2) is 3.87. The highest BCUT2D eigenvalue weighted by atomic mass is 79.9. The number of thioether (sulfide) groups is 1. The zero-order valence-corrected chi connectivity index (χ0v) is 11.9. The summed E-state index contributed by atoms with van der Waals surface area (Å²) in [5, 5.41) is 0. The van der Waals surface area contributed by atoms with Crippen LogP contribution < -0.4 is 0 Å². The van der Waals surface area contributed by atoms with Crippen LogP contribution in [0, 0.1) is 11.9 Å². The van der Waals surface area contributed by atoms with Crippen LogP contribution in [0.3, 0.4) is 0 Å². The van der Waals surface area contributed by atoms with Crippen molar-refractivity contribution in [1.29, 1.82) is 0 Å². The molecule has 0 amide bonds. The quantitative estimate of drug-likeness (QED) is 0.619. The summed E-state index contributed by atoms with van der Waals surface area (Å²) in [5.41, 5.74) is 2.46. The molecule has 18 heavy (non-hydrogen) atoms. The summed E-state index contributed by atoms with van der Waals surface area (Å²) in [4.78, 5) is 19.2. The molecular formula is C12H9BrFN2OS. The van der Waals surface area contributed by atoms with Crippen LogP contribution in [0.15, 0.2) is 21.7 Å². The Labute approximate surface area is 116 Å². The van der Waals surface area contributed by atoms with E-state index < -0.39 is 16.2 Å². The maximum Gasteiger partial charge on any atom is 0.218 e. The number of hydrogen-bond acceptors (Lipinski definition) is 4. The van der Waals surface area contributed by atoms with Crippen LogP contribution in [-0.4, -0.2) is 21.6 Å². The van der Waals surface area contributed by atoms with Crippen LogP contribution in [0.1, 0.15) is 18.9 Å². The van der Waals surface area contributed by atoms with Crippen molar-refractivity contribution in [3.05, 3.63) is 28.2 Å². The van der Waals surface area contributed by atoms with Gasteiger partial charge in [0.05, 0.1) is 10.3 Å². The Hall–Kier alpha value is -0.750. The normalized spacial score (nSPS) is 37.2. The number of carbonyl (C=O) groups is 1. The number of aromatic nitrogens is 1. The Balaban J connectivity index is 2.11. The van der Waals surface area contributed by atoms with Crippen LogP contribution in [0.25, 0.3) is 0 Å². The molecule has 6 heteroatoms. The largest absolute Gasteiger partial charge is 0.302 e. The molecule has 1 aliphatic carbocycles. The second-order valence-electron chi connectivity index (χ2n) is 4.77. The van der Waals surface area contributed by atoms with Gasteiger partial charge in [0.25, 0.3) is 0 Å². The lowest BCUT2D eigenvalue weighted by Crippen LogP contribution is -2.32. The highest BCUT2D eigenvalue weighted by molar-refractivity contribution is 9.10. The molecule has 1 radical (unpaired) electrons. The molecule has 1 aromatic rings. The molecule has 2 aliphatic rings. The maximum atomic E-state index is 13.9. The lowest BCUT2D eigenvalue weighted by Gasteiger charge is -2.30. The number of nitrogens with zero attached hydrogens (tertiary/aromatic N) is 2. The minimum absolute atomic E-state index is 0.0133. The van der Waals surface area contributed by atoms with E-state index in [2.05, 4.69) is 31.5 Å². The molecule has 93 valence electrons. The van der Waals surface area contributed by atoms with E-state index in [0.29, 0.717) is 16.5 Å². The van der Waals surface area contributed by atoms with Crippen LogP contribution >= 0.6 is 27.7 Å². The highest BCUT2D eigenvalue weighted by Crippen LogP contribution is 2.63. The third-order valence-electron chi connectivity index (χ3n) is 3.70. The third kappa shape index (κ3) is 1.58. The third-order valence-corrected chi connectivity index (χ3v) is 5.24. The Bertz CT molecular complexity index is 567. The number of fused-ring (bicyclic) bond motifs is 1. The highest BCUT2D eigenvalue weighted by Gasteiger charge is 2.66. The Morgan fingerprint density at radius 3 is 3.22 bits per heavy atom. The first-order valence-corrected chi connectivity index (χ1v) is 7.05. The molecule has 2 heterocycles. The fraction of sp³-hybridized carbons (Fsp3) is 0.417. The van der Waals surface area contributed by atoms with Crippen LogP contribution in [-0.2, 0) is 10.3 Å². The number of carbonyl (C=O) groups excluding carboxylic acids is 1. The number of hydrogen-bond donors (Lipinski definition) is 0. The first-order valence-electron chi connectivity index (χ1n) is 5.44. The van der Waals surface area contributed by atoms with Crippen molar-refractivity contribution in [2.75, 3.05) is 0 Å². The molecule has 0 bridgehead atoms. The van der Waals surface area contributed by atoms with E-state index >= 15 is 0 Å². The first kappa shape index (κ1) is 12.3. The predicted molar refractivity (Wildman–Crippen MR) is 71.2 cm³/mol. The van der Waals surface area contributed by atoms with Crippen molar-refractivity contribution in [3.8, 4) is 0 Å². The summed E-state index contributed by atoms with van der Waals surface area (Å²) in [6, 6.07) is 1.68. The van der Waals surface area contributed by atoms with Crippen molar-refractivity contribution in [2.24, 2.45) is 10.9 Å². The van der Waals surface area contributed by atoms with Gasteiger partial charge >= 0.3 is 0 Å². The first-order chi connectivity index (χ1) is 8.52. The monoisotopic (exact) mass is 327 g/mol. The molecule has 1 aliphatic heterocycles. The summed E-state index contributed by atoms with van der Waals surface area (Å²) in [5.74, 6) is -0.524. The molecule has 0 aromatic carbocycles. The second-order valence-corrected chi connectivity index (χ2v) is 6.84. The average molecular weight is 328 g/mol. The van der Waals surface area contributed by atoms with Gasteiger partial charge in [-0.3, -0.25) is 4.99 Å². The number of aliphatic imine (C=N–C) groups is 1. The Morgan fingerprint density at radius 1 is 1.72 bits per heavy atom. The fourth-order valence-corrected chi connectivity index (χ4v) is 3.91. The van der Waals surface area contributed by atoms with E-state index in [9.17, 15) is 9.18 Å². The summed E-state index contributed by atoms with van der Waals surface area (Å²) >= 11 is 4.59. The maximum absolute atomic E-state index is 13.9. The van der Waals surface area contributed by atoms with Crippen LogP contribution in [0.2, 0.25) is 0 Å². The summed E-state index contributed by atoms with van der Waals surface area (Å²) in [6.45, 7) is 1.84. The molecule has 3 rings (SSSR count). The molecular weight excluding hydrogens is 319 g/mol. The minimum Gasteiger partial charge on any atom is -0.302 e. The lowest BCUT2D eigenvalue weighted by molar-refractivity contribution is -0.108. The van der Waals surface area contributed by atoms with E-state index in [1.807, 2.05) is 6.92 Å². The zero-order valence-electron chi connectivity index (χ0n) is 9.48. The molecule has 0 saturated heterocycles.